The summed E-state index contributed by atoms with van der Waals surface area (Å²) >= 11 is 1.63. The molecule has 0 bridgehead atoms. The van der Waals surface area contributed by atoms with Gasteiger partial charge in [-0.2, -0.15) is 0 Å². The van der Waals surface area contributed by atoms with Gasteiger partial charge in [-0.15, -0.1) is 11.8 Å². The molecule has 1 saturated heterocycles. The number of hydrogen-bond donors (Lipinski definition) is 1. The van der Waals surface area contributed by atoms with E-state index in [1.807, 2.05) is 65.5 Å². The molecule has 34 heavy (non-hydrogen) atoms. The second kappa shape index (κ2) is 10.3. The first-order chi connectivity index (χ1) is 16.7. The minimum atomic E-state index is -0.0767. The Bertz CT molecular complexity index is 1230. The molecular weight excluding hydrogens is 442 g/mol. The lowest BCUT2D eigenvalue weighted by atomic mass is 9.99. The van der Waals surface area contributed by atoms with E-state index in [1.165, 1.54) is 12.8 Å². The van der Waals surface area contributed by atoms with Crippen molar-refractivity contribution >= 4 is 29.1 Å². The predicted octanol–water partition coefficient (Wildman–Crippen LogP) is 5.19. The van der Waals surface area contributed by atoms with Gasteiger partial charge in [-0.05, 0) is 54.7 Å². The molecule has 1 amide bonds. The fraction of sp³-hybridized carbons (Fsp3) is 0.296. The molecule has 3 aromatic heterocycles. The van der Waals surface area contributed by atoms with E-state index in [0.29, 0.717) is 17.9 Å². The Morgan fingerprint density at radius 1 is 1.09 bits per heavy atom. The van der Waals surface area contributed by atoms with Gasteiger partial charge in [0.25, 0.3) is 5.91 Å². The van der Waals surface area contributed by atoms with E-state index in [2.05, 4.69) is 39.2 Å². The number of imidazole rings is 1. The Labute approximate surface area is 204 Å². The van der Waals surface area contributed by atoms with Gasteiger partial charge >= 0.3 is 0 Å². The molecule has 0 radical (unpaired) electrons. The zero-order chi connectivity index (χ0) is 23.3. The van der Waals surface area contributed by atoms with Gasteiger partial charge in [-0.1, -0.05) is 31.2 Å². The van der Waals surface area contributed by atoms with Crippen LogP contribution < -0.4 is 10.2 Å². The van der Waals surface area contributed by atoms with Crippen molar-refractivity contribution in [3.63, 3.8) is 0 Å². The van der Waals surface area contributed by atoms with Crippen molar-refractivity contribution in [2.24, 2.45) is 5.92 Å². The largest absolute Gasteiger partial charge is 0.357 e. The summed E-state index contributed by atoms with van der Waals surface area (Å²) in [4.78, 5) is 25.6. The number of carbonyl (C=O) groups excluding carboxylic acids is 1. The summed E-state index contributed by atoms with van der Waals surface area (Å²) in [5, 5.41) is 3.05. The molecule has 1 fully saturated rings. The molecule has 0 unspecified atom stereocenters. The number of piperidine rings is 1. The molecule has 4 heterocycles. The number of thioether (sulfide) groups is 1. The summed E-state index contributed by atoms with van der Waals surface area (Å²) in [5.74, 6) is 2.45. The number of pyridine rings is 2. The number of hydrogen-bond acceptors (Lipinski definition) is 5. The first-order valence-corrected chi connectivity index (χ1v) is 12.8. The molecule has 1 aromatic carbocycles. The molecule has 0 atom stereocenters. The number of benzene rings is 1. The zero-order valence-corrected chi connectivity index (χ0v) is 20.2. The second-order valence-corrected chi connectivity index (χ2v) is 9.88. The van der Waals surface area contributed by atoms with Crippen LogP contribution in [0.3, 0.4) is 0 Å². The topological polar surface area (TPSA) is 62.5 Å². The average molecular weight is 472 g/mol. The Hall–Kier alpha value is -3.32. The number of nitrogens with zero attached hydrogens (tertiary/aromatic N) is 4. The molecule has 1 N–H and O–H groups in total. The molecule has 174 valence electrons. The monoisotopic (exact) mass is 471 g/mol. The van der Waals surface area contributed by atoms with Crippen LogP contribution in [0, 0.1) is 5.92 Å². The van der Waals surface area contributed by atoms with Crippen molar-refractivity contribution in [1.82, 2.24) is 19.7 Å². The van der Waals surface area contributed by atoms with Crippen LogP contribution >= 0.6 is 11.8 Å². The van der Waals surface area contributed by atoms with Crippen molar-refractivity contribution in [3.8, 4) is 0 Å². The van der Waals surface area contributed by atoms with E-state index in [9.17, 15) is 4.79 Å². The third kappa shape index (κ3) is 5.25. The van der Waals surface area contributed by atoms with Crippen LogP contribution in [0.5, 0.6) is 0 Å². The summed E-state index contributed by atoms with van der Waals surface area (Å²) in [7, 11) is 0. The highest BCUT2D eigenvalue weighted by molar-refractivity contribution is 7.98. The average Bonchev–Trinajstić information content (AvgIpc) is 3.30. The first kappa shape index (κ1) is 22.5. The number of carbonyl (C=O) groups is 1. The van der Waals surface area contributed by atoms with Crippen LogP contribution in [0.4, 0.5) is 5.82 Å². The van der Waals surface area contributed by atoms with E-state index in [0.717, 1.165) is 46.6 Å². The predicted molar refractivity (Wildman–Crippen MR) is 137 cm³/mol. The maximum absolute atomic E-state index is 13.0. The minimum Gasteiger partial charge on any atom is -0.357 e. The highest BCUT2D eigenvalue weighted by Crippen LogP contribution is 2.26. The summed E-state index contributed by atoms with van der Waals surface area (Å²) in [6, 6.07) is 17.8. The Morgan fingerprint density at radius 2 is 1.91 bits per heavy atom. The van der Waals surface area contributed by atoms with Crippen molar-refractivity contribution in [2.75, 3.05) is 18.0 Å². The summed E-state index contributed by atoms with van der Waals surface area (Å²) in [6.07, 6.45) is 8.33. The lowest BCUT2D eigenvalue weighted by Gasteiger charge is -2.31. The van der Waals surface area contributed by atoms with Crippen LogP contribution in [0.15, 0.2) is 78.1 Å². The molecule has 0 spiro atoms. The number of aromatic nitrogens is 3. The SMILES string of the molecule is CC1CCN(c2ccc(CNC(=O)c3ccccc3SCc3cn4ccccc4n3)cn2)CC1. The van der Waals surface area contributed by atoms with Gasteiger partial charge in [0.2, 0.25) is 0 Å². The van der Waals surface area contributed by atoms with Crippen LogP contribution in [-0.4, -0.2) is 33.4 Å². The quantitative estimate of drug-likeness (QED) is 0.376. The maximum atomic E-state index is 13.0. The number of fused-ring (bicyclic) bond motifs is 1. The van der Waals surface area contributed by atoms with Gasteiger partial charge in [0.15, 0.2) is 0 Å². The molecule has 4 aromatic rings. The third-order valence-electron chi connectivity index (χ3n) is 6.29. The van der Waals surface area contributed by atoms with Gasteiger partial charge in [0.1, 0.15) is 11.5 Å². The molecule has 5 rings (SSSR count). The molecule has 0 saturated carbocycles. The van der Waals surface area contributed by atoms with Gasteiger partial charge in [0.05, 0.1) is 11.3 Å². The molecule has 0 aliphatic carbocycles. The van der Waals surface area contributed by atoms with E-state index in [4.69, 9.17) is 0 Å². The maximum Gasteiger partial charge on any atom is 0.252 e. The van der Waals surface area contributed by atoms with Crippen LogP contribution in [0.1, 0.15) is 41.4 Å². The van der Waals surface area contributed by atoms with E-state index < -0.39 is 0 Å². The summed E-state index contributed by atoms with van der Waals surface area (Å²) < 4.78 is 2.01. The van der Waals surface area contributed by atoms with E-state index >= 15 is 0 Å². The fourth-order valence-electron chi connectivity index (χ4n) is 4.21. The smallest absolute Gasteiger partial charge is 0.252 e. The molecule has 1 aliphatic heterocycles. The normalized spacial score (nSPS) is 14.4. The van der Waals surface area contributed by atoms with Crippen LogP contribution in [-0.2, 0) is 12.3 Å². The number of amides is 1. The van der Waals surface area contributed by atoms with E-state index in [1.54, 1.807) is 11.8 Å². The first-order valence-electron chi connectivity index (χ1n) is 11.8. The van der Waals surface area contributed by atoms with Crippen molar-refractivity contribution < 1.29 is 4.79 Å². The summed E-state index contributed by atoms with van der Waals surface area (Å²) in [6.45, 7) is 4.89. The molecule has 6 nitrogen and oxygen atoms in total. The number of anilines is 1. The van der Waals surface area contributed by atoms with Crippen molar-refractivity contribution in [3.05, 3.63) is 90.0 Å². The summed E-state index contributed by atoms with van der Waals surface area (Å²) in [5.41, 5.74) is 3.60. The lowest BCUT2D eigenvalue weighted by molar-refractivity contribution is 0.0948. The highest BCUT2D eigenvalue weighted by Gasteiger charge is 2.17. The molecule has 7 heteroatoms. The Morgan fingerprint density at radius 3 is 2.71 bits per heavy atom. The third-order valence-corrected chi connectivity index (χ3v) is 7.40. The second-order valence-electron chi connectivity index (χ2n) is 8.86. The minimum absolute atomic E-state index is 0.0767. The zero-order valence-electron chi connectivity index (χ0n) is 19.4. The van der Waals surface area contributed by atoms with Gasteiger partial charge in [-0.25, -0.2) is 9.97 Å². The number of rotatable bonds is 7. The van der Waals surface area contributed by atoms with Crippen LogP contribution in [0.25, 0.3) is 5.65 Å². The highest BCUT2D eigenvalue weighted by atomic mass is 32.2. The van der Waals surface area contributed by atoms with Crippen molar-refractivity contribution in [1.29, 1.82) is 0 Å². The van der Waals surface area contributed by atoms with Crippen LogP contribution in [0.2, 0.25) is 0 Å². The van der Waals surface area contributed by atoms with Gasteiger partial charge in [-0.3, -0.25) is 4.79 Å². The Balaban J connectivity index is 1.19. The standard InChI is InChI=1S/C27H29N5OS/c1-20-11-14-31(15-12-20)25-10-9-21(16-28-25)17-29-27(33)23-6-2-3-7-24(23)34-19-22-18-32-13-5-4-8-26(32)30-22/h2-10,13,16,18,20H,11-12,14-15,17,19H2,1H3,(H,29,33). The number of nitrogens with one attached hydrogen (secondary N) is 1. The lowest BCUT2D eigenvalue weighted by Crippen LogP contribution is -2.33. The van der Waals surface area contributed by atoms with E-state index in [-0.39, 0.29) is 5.91 Å². The van der Waals surface area contributed by atoms with Crippen molar-refractivity contribution in [2.45, 2.75) is 37.0 Å². The van der Waals surface area contributed by atoms with Gasteiger partial charge in [0, 0.05) is 48.9 Å². The molecular formula is C27H29N5OS. The Kier molecular flexibility index (Phi) is 6.81. The fourth-order valence-corrected chi connectivity index (χ4v) is 5.15. The van der Waals surface area contributed by atoms with Gasteiger partial charge < -0.3 is 14.6 Å². The molecule has 1 aliphatic rings.